The first-order chi connectivity index (χ1) is 14.1. The van der Waals surface area contributed by atoms with Crippen LogP contribution in [0.15, 0.2) is 53.3 Å². The zero-order chi connectivity index (χ0) is 20.4. The van der Waals surface area contributed by atoms with Crippen LogP contribution in [0.3, 0.4) is 0 Å². The van der Waals surface area contributed by atoms with E-state index in [2.05, 4.69) is 11.4 Å². The largest absolute Gasteiger partial charge is 0.483 e. The van der Waals surface area contributed by atoms with Crippen LogP contribution in [0.2, 0.25) is 0 Å². The predicted molar refractivity (Wildman–Crippen MR) is 113 cm³/mol. The molecule has 0 aliphatic heterocycles. The van der Waals surface area contributed by atoms with Crippen molar-refractivity contribution in [2.24, 2.45) is 7.05 Å². The molecule has 1 aliphatic carbocycles. The van der Waals surface area contributed by atoms with Gasteiger partial charge in [0.25, 0.3) is 11.5 Å². The summed E-state index contributed by atoms with van der Waals surface area (Å²) >= 11 is 0. The molecule has 6 heteroatoms. The van der Waals surface area contributed by atoms with E-state index in [-0.39, 0.29) is 23.8 Å². The fourth-order valence-corrected chi connectivity index (χ4v) is 3.91. The number of aromatic nitrogens is 2. The highest BCUT2D eigenvalue weighted by atomic mass is 16.5. The second kappa shape index (κ2) is 7.99. The number of hydrogen-bond acceptors (Lipinski definition) is 3. The average Bonchev–Trinajstić information content (AvgIpc) is 2.96. The Hall–Kier alpha value is -3.28. The second-order valence-corrected chi connectivity index (χ2v) is 7.37. The number of ether oxygens (including phenoxy) is 1. The number of nitrogens with one attached hydrogen (secondary N) is 1. The van der Waals surface area contributed by atoms with Crippen molar-refractivity contribution in [1.29, 1.82) is 0 Å². The molecule has 6 nitrogen and oxygen atoms in total. The monoisotopic (exact) mass is 391 g/mol. The molecule has 1 amide bonds. The predicted octanol–water partition coefficient (Wildman–Crippen LogP) is 3.38. The molecule has 3 aromatic rings. The molecule has 2 aromatic carbocycles. The Labute approximate surface area is 169 Å². The van der Waals surface area contributed by atoms with E-state index in [1.54, 1.807) is 16.4 Å². The molecule has 4 rings (SSSR count). The van der Waals surface area contributed by atoms with Crippen molar-refractivity contribution in [2.45, 2.75) is 32.6 Å². The van der Waals surface area contributed by atoms with Crippen LogP contribution in [0.4, 0.5) is 5.69 Å². The summed E-state index contributed by atoms with van der Waals surface area (Å²) in [7, 11) is 1.80. The number of fused-ring (bicyclic) bond motifs is 1. The fraction of sp³-hybridized carbons (Fsp3) is 0.304. The Morgan fingerprint density at radius 1 is 1.07 bits per heavy atom. The van der Waals surface area contributed by atoms with Crippen LogP contribution in [0.5, 0.6) is 5.75 Å². The molecule has 1 heterocycles. The quantitative estimate of drug-likeness (QED) is 0.725. The lowest BCUT2D eigenvalue weighted by atomic mass is 9.91. The number of nitrogens with zero attached hydrogens (tertiary/aromatic N) is 2. The molecule has 0 spiro atoms. The van der Waals surface area contributed by atoms with E-state index in [9.17, 15) is 9.59 Å². The normalized spacial score (nSPS) is 13.0. The van der Waals surface area contributed by atoms with Crippen molar-refractivity contribution in [1.82, 2.24) is 9.36 Å². The summed E-state index contributed by atoms with van der Waals surface area (Å²) in [4.78, 5) is 25.4. The van der Waals surface area contributed by atoms with Crippen LogP contribution in [0.25, 0.3) is 5.69 Å². The third-order valence-electron chi connectivity index (χ3n) is 5.53. The van der Waals surface area contributed by atoms with Crippen molar-refractivity contribution in [3.8, 4) is 11.4 Å². The zero-order valence-corrected chi connectivity index (χ0v) is 16.8. The summed E-state index contributed by atoms with van der Waals surface area (Å²) in [5, 5.41) is 2.74. The molecule has 29 heavy (non-hydrogen) atoms. The van der Waals surface area contributed by atoms with E-state index in [1.165, 1.54) is 17.5 Å². The summed E-state index contributed by atoms with van der Waals surface area (Å²) in [5.74, 6) is 0.424. The molecule has 0 fully saturated rings. The summed E-state index contributed by atoms with van der Waals surface area (Å²) in [6, 6.07) is 15.4. The Morgan fingerprint density at radius 3 is 2.62 bits per heavy atom. The number of carbonyl (C=O) groups excluding carboxylic acids is 1. The van der Waals surface area contributed by atoms with E-state index < -0.39 is 0 Å². The van der Waals surface area contributed by atoms with Crippen LogP contribution in [-0.2, 0) is 24.7 Å². The first kappa shape index (κ1) is 19.1. The minimum Gasteiger partial charge on any atom is -0.483 e. The van der Waals surface area contributed by atoms with Gasteiger partial charge in [0.15, 0.2) is 6.61 Å². The van der Waals surface area contributed by atoms with Gasteiger partial charge in [-0.05, 0) is 61.9 Å². The topological polar surface area (TPSA) is 65.3 Å². The average molecular weight is 391 g/mol. The Kier molecular flexibility index (Phi) is 5.25. The first-order valence-corrected chi connectivity index (χ1v) is 9.93. The maximum atomic E-state index is 12.9. The molecule has 0 unspecified atom stereocenters. The van der Waals surface area contributed by atoms with Gasteiger partial charge in [0, 0.05) is 7.05 Å². The summed E-state index contributed by atoms with van der Waals surface area (Å²) in [6.45, 7) is 1.68. The van der Waals surface area contributed by atoms with Crippen LogP contribution in [-0.4, -0.2) is 21.9 Å². The minimum atomic E-state index is -0.343. The van der Waals surface area contributed by atoms with Gasteiger partial charge >= 0.3 is 0 Å². The third kappa shape index (κ3) is 3.70. The van der Waals surface area contributed by atoms with Gasteiger partial charge < -0.3 is 10.1 Å². The van der Waals surface area contributed by atoms with E-state index in [4.69, 9.17) is 4.74 Å². The lowest BCUT2D eigenvalue weighted by Crippen LogP contribution is -2.26. The summed E-state index contributed by atoms with van der Waals surface area (Å²) in [5.41, 5.74) is 3.95. The highest BCUT2D eigenvalue weighted by Crippen LogP contribution is 2.29. The van der Waals surface area contributed by atoms with Crippen molar-refractivity contribution in [2.75, 3.05) is 11.9 Å². The molecule has 0 radical (unpaired) electrons. The molecule has 0 saturated heterocycles. The zero-order valence-electron chi connectivity index (χ0n) is 16.8. The molecule has 1 aliphatic rings. The minimum absolute atomic E-state index is 0.129. The van der Waals surface area contributed by atoms with Crippen molar-refractivity contribution >= 4 is 11.6 Å². The van der Waals surface area contributed by atoms with E-state index in [1.807, 2.05) is 49.4 Å². The van der Waals surface area contributed by atoms with Gasteiger partial charge in [0.05, 0.1) is 11.4 Å². The van der Waals surface area contributed by atoms with Gasteiger partial charge in [-0.1, -0.05) is 30.3 Å². The molecular formula is C23H25N3O3. The number of para-hydroxylation sites is 1. The van der Waals surface area contributed by atoms with Crippen LogP contribution in [0.1, 0.15) is 29.7 Å². The van der Waals surface area contributed by atoms with Gasteiger partial charge in [-0.2, -0.15) is 0 Å². The highest BCUT2D eigenvalue weighted by molar-refractivity contribution is 5.92. The maximum Gasteiger partial charge on any atom is 0.295 e. The molecule has 0 bridgehead atoms. The van der Waals surface area contributed by atoms with Gasteiger partial charge in [-0.15, -0.1) is 0 Å². The molecule has 1 N–H and O–H groups in total. The number of anilines is 1. The van der Waals surface area contributed by atoms with Gasteiger partial charge in [0.2, 0.25) is 0 Å². The number of aryl methyl sites for hydroxylation is 1. The number of rotatable bonds is 5. The van der Waals surface area contributed by atoms with Gasteiger partial charge in [-0.25, -0.2) is 4.68 Å². The lowest BCUT2D eigenvalue weighted by molar-refractivity contribution is -0.118. The lowest BCUT2D eigenvalue weighted by Gasteiger charge is -2.19. The first-order valence-electron chi connectivity index (χ1n) is 9.93. The van der Waals surface area contributed by atoms with Crippen molar-refractivity contribution in [3.05, 3.63) is 75.7 Å². The van der Waals surface area contributed by atoms with Crippen LogP contribution >= 0.6 is 0 Å². The number of hydrogen-bond donors (Lipinski definition) is 1. The highest BCUT2D eigenvalue weighted by Gasteiger charge is 2.19. The van der Waals surface area contributed by atoms with E-state index in [0.29, 0.717) is 5.69 Å². The summed E-state index contributed by atoms with van der Waals surface area (Å²) < 4.78 is 9.09. The molecular weight excluding hydrogens is 366 g/mol. The van der Waals surface area contributed by atoms with Crippen molar-refractivity contribution in [3.63, 3.8) is 0 Å². The third-order valence-corrected chi connectivity index (χ3v) is 5.53. The Balaban J connectivity index is 1.51. The second-order valence-electron chi connectivity index (χ2n) is 7.37. The van der Waals surface area contributed by atoms with Crippen LogP contribution in [0, 0.1) is 6.92 Å². The molecule has 0 atom stereocenters. The fourth-order valence-electron chi connectivity index (χ4n) is 3.91. The maximum absolute atomic E-state index is 12.9. The molecule has 0 saturated carbocycles. The van der Waals surface area contributed by atoms with E-state index in [0.717, 1.165) is 30.7 Å². The summed E-state index contributed by atoms with van der Waals surface area (Å²) in [6.07, 6.45) is 4.37. The van der Waals surface area contributed by atoms with Crippen molar-refractivity contribution < 1.29 is 9.53 Å². The molecule has 1 aromatic heterocycles. The Bertz CT molecular complexity index is 1100. The number of benzene rings is 2. The van der Waals surface area contributed by atoms with E-state index >= 15 is 0 Å². The van der Waals surface area contributed by atoms with Crippen LogP contribution < -0.4 is 15.6 Å². The SMILES string of the molecule is Cc1c(NC(=O)COc2cccc3c2CCCC3)c(=O)n(-c2ccccc2)n1C. The number of amides is 1. The molecule has 150 valence electrons. The smallest absolute Gasteiger partial charge is 0.295 e. The van der Waals surface area contributed by atoms with Gasteiger partial charge in [0.1, 0.15) is 11.4 Å². The Morgan fingerprint density at radius 2 is 1.83 bits per heavy atom. The van der Waals surface area contributed by atoms with Gasteiger partial charge in [-0.3, -0.25) is 14.3 Å². The standard InChI is InChI=1S/C23H25N3O3/c1-16-22(23(28)26(25(16)2)18-11-4-3-5-12-18)24-21(27)15-29-20-14-8-10-17-9-6-7-13-19(17)20/h3-5,8,10-12,14H,6-7,9,13,15H2,1-2H3,(H,24,27). The number of carbonyl (C=O) groups is 1.